The Balaban J connectivity index is 1.34. The maximum Gasteiger partial charge on any atom is 0.417 e. The predicted molar refractivity (Wildman–Crippen MR) is 127 cm³/mol. The molecule has 4 rings (SSSR count). The summed E-state index contributed by atoms with van der Waals surface area (Å²) in [7, 11) is 0. The second-order valence-corrected chi connectivity index (χ2v) is 10.1. The zero-order chi connectivity index (χ0) is 28.6. The van der Waals surface area contributed by atoms with Crippen molar-refractivity contribution in [2.45, 2.75) is 75.6 Å². The molecule has 14 heteroatoms. The van der Waals surface area contributed by atoms with E-state index >= 15 is 0 Å². The molecule has 0 saturated carbocycles. The lowest BCUT2D eigenvalue weighted by molar-refractivity contribution is -0.138. The molecule has 212 valence electrons. The van der Waals surface area contributed by atoms with Crippen LogP contribution in [0, 0.1) is 0 Å². The first-order valence-electron chi connectivity index (χ1n) is 12.2. The number of halogens is 6. The van der Waals surface area contributed by atoms with Gasteiger partial charge < -0.3 is 20.3 Å². The molecule has 0 unspecified atom stereocenters. The van der Waals surface area contributed by atoms with Crippen LogP contribution in [0.25, 0.3) is 0 Å². The van der Waals surface area contributed by atoms with Gasteiger partial charge in [-0.05, 0) is 57.7 Å². The van der Waals surface area contributed by atoms with Crippen LogP contribution in [0.4, 0.5) is 32.2 Å². The van der Waals surface area contributed by atoms with Gasteiger partial charge in [-0.15, -0.1) is 0 Å². The number of carbonyl (C=O) groups excluding carboxylic acids is 2. The lowest BCUT2D eigenvalue weighted by Gasteiger charge is -2.40. The van der Waals surface area contributed by atoms with Crippen molar-refractivity contribution in [3.8, 4) is 5.88 Å². The molecule has 2 bridgehead atoms. The van der Waals surface area contributed by atoms with Crippen LogP contribution in [0.3, 0.4) is 0 Å². The fourth-order valence-electron chi connectivity index (χ4n) is 4.90. The number of fused-ring (bicyclic) bond motifs is 2. The van der Waals surface area contributed by atoms with Gasteiger partial charge in [-0.2, -0.15) is 26.3 Å². The summed E-state index contributed by atoms with van der Waals surface area (Å²) >= 11 is 0. The van der Waals surface area contributed by atoms with Crippen molar-refractivity contribution in [2.24, 2.45) is 0 Å². The Morgan fingerprint density at radius 1 is 0.974 bits per heavy atom. The van der Waals surface area contributed by atoms with Crippen molar-refractivity contribution in [2.75, 3.05) is 11.4 Å². The largest absolute Gasteiger partial charge is 0.462 e. The van der Waals surface area contributed by atoms with Crippen LogP contribution in [-0.4, -0.2) is 58.2 Å². The average molecular weight is 560 g/mol. The highest BCUT2D eigenvalue weighted by molar-refractivity contribution is 5.94. The van der Waals surface area contributed by atoms with E-state index < -0.39 is 41.9 Å². The number of ether oxygens (including phenoxy) is 1. The Kier molecular flexibility index (Phi) is 7.68. The van der Waals surface area contributed by atoms with Crippen molar-refractivity contribution >= 4 is 17.6 Å². The van der Waals surface area contributed by atoms with E-state index in [4.69, 9.17) is 4.74 Å². The molecule has 2 aromatic heterocycles. The molecule has 4 heterocycles. The summed E-state index contributed by atoms with van der Waals surface area (Å²) in [5.41, 5.74) is -2.30. The SMILES string of the molecule is CC(C)(Oc1ccc(C(F)(F)F)cn1)C(=O)N[C@H]1C[C@H]2CC[C@@H](C1)N2c1ccc(C(=O)NCC(F)(F)F)cn1. The van der Waals surface area contributed by atoms with Crippen LogP contribution in [0.5, 0.6) is 5.88 Å². The number of alkyl halides is 6. The Bertz CT molecular complexity index is 1170. The topological polar surface area (TPSA) is 96.5 Å². The van der Waals surface area contributed by atoms with Gasteiger partial charge in [0.25, 0.3) is 11.8 Å². The van der Waals surface area contributed by atoms with E-state index in [9.17, 15) is 35.9 Å². The average Bonchev–Trinajstić information content (AvgIpc) is 3.11. The Morgan fingerprint density at radius 3 is 2.15 bits per heavy atom. The number of pyridine rings is 2. The summed E-state index contributed by atoms with van der Waals surface area (Å²) in [6.45, 7) is 1.57. The monoisotopic (exact) mass is 559 g/mol. The lowest BCUT2D eigenvalue weighted by atomic mass is 9.96. The molecule has 2 saturated heterocycles. The predicted octanol–water partition coefficient (Wildman–Crippen LogP) is 4.26. The Labute approximate surface area is 220 Å². The van der Waals surface area contributed by atoms with Crippen LogP contribution in [-0.2, 0) is 11.0 Å². The first-order valence-corrected chi connectivity index (χ1v) is 12.2. The standard InChI is InChI=1S/C25H27F6N5O3/c1-23(2,39-20-8-4-15(12-33-20)25(29,30)31)22(38)35-16-9-17-5-6-18(10-16)36(17)19-7-3-14(11-32-19)21(37)34-13-24(26,27)28/h3-4,7-8,11-12,16-18H,5-6,9-10,13H2,1-2H3,(H,34,37)(H,35,38)/t16-,17+,18-. The molecule has 2 aliphatic heterocycles. The molecule has 2 fully saturated rings. The van der Waals surface area contributed by atoms with Crippen LogP contribution in [0.15, 0.2) is 36.7 Å². The number of hydrogen-bond donors (Lipinski definition) is 2. The highest BCUT2D eigenvalue weighted by Gasteiger charge is 2.43. The highest BCUT2D eigenvalue weighted by Crippen LogP contribution is 2.39. The fourth-order valence-corrected chi connectivity index (χ4v) is 4.90. The van der Waals surface area contributed by atoms with E-state index in [1.165, 1.54) is 26.1 Å². The molecule has 2 aromatic rings. The number of anilines is 1. The normalized spacial score (nSPS) is 21.4. The number of amides is 2. The molecule has 0 aliphatic carbocycles. The molecule has 0 radical (unpaired) electrons. The third kappa shape index (κ3) is 6.90. The van der Waals surface area contributed by atoms with Crippen LogP contribution in [0.1, 0.15) is 55.5 Å². The molecular weight excluding hydrogens is 532 g/mol. The van der Waals surface area contributed by atoms with Crippen molar-refractivity contribution in [3.05, 3.63) is 47.8 Å². The smallest absolute Gasteiger partial charge is 0.417 e. The van der Waals surface area contributed by atoms with Gasteiger partial charge in [0, 0.05) is 36.6 Å². The number of aromatic nitrogens is 2. The molecule has 2 N–H and O–H groups in total. The quantitative estimate of drug-likeness (QED) is 0.493. The summed E-state index contributed by atoms with van der Waals surface area (Å²) in [5.74, 6) is -0.821. The van der Waals surface area contributed by atoms with E-state index in [0.717, 1.165) is 25.0 Å². The first-order chi connectivity index (χ1) is 18.1. The minimum Gasteiger partial charge on any atom is -0.462 e. The maximum absolute atomic E-state index is 13.0. The summed E-state index contributed by atoms with van der Waals surface area (Å²) < 4.78 is 80.9. The molecule has 2 amide bonds. The van der Waals surface area contributed by atoms with Gasteiger partial charge in [-0.25, -0.2) is 9.97 Å². The Morgan fingerprint density at radius 2 is 1.64 bits per heavy atom. The van der Waals surface area contributed by atoms with E-state index in [1.54, 1.807) is 6.07 Å². The molecule has 0 aromatic carbocycles. The number of nitrogens with one attached hydrogen (secondary N) is 2. The van der Waals surface area contributed by atoms with Gasteiger partial charge in [-0.1, -0.05) is 0 Å². The van der Waals surface area contributed by atoms with Crippen LogP contribution in [0.2, 0.25) is 0 Å². The second-order valence-electron chi connectivity index (χ2n) is 10.1. The van der Waals surface area contributed by atoms with Gasteiger partial charge in [0.2, 0.25) is 5.88 Å². The first kappa shape index (κ1) is 28.4. The zero-order valence-electron chi connectivity index (χ0n) is 21.1. The van der Waals surface area contributed by atoms with Crippen molar-refractivity contribution in [1.29, 1.82) is 0 Å². The minimum atomic E-state index is -4.53. The van der Waals surface area contributed by atoms with Gasteiger partial charge in [0.1, 0.15) is 12.4 Å². The lowest BCUT2D eigenvalue weighted by Crippen LogP contribution is -2.55. The van der Waals surface area contributed by atoms with Gasteiger partial charge in [-0.3, -0.25) is 9.59 Å². The van der Waals surface area contributed by atoms with Crippen LogP contribution < -0.4 is 20.3 Å². The third-order valence-corrected chi connectivity index (χ3v) is 6.76. The highest BCUT2D eigenvalue weighted by atomic mass is 19.4. The summed E-state index contributed by atoms with van der Waals surface area (Å²) in [6, 6.07) is 4.84. The van der Waals surface area contributed by atoms with E-state index in [1.807, 2.05) is 5.32 Å². The number of rotatable bonds is 7. The molecule has 3 atom stereocenters. The number of piperidine rings is 1. The van der Waals surface area contributed by atoms with E-state index in [2.05, 4.69) is 20.2 Å². The maximum atomic E-state index is 13.0. The van der Waals surface area contributed by atoms with Crippen molar-refractivity contribution in [3.63, 3.8) is 0 Å². The third-order valence-electron chi connectivity index (χ3n) is 6.76. The van der Waals surface area contributed by atoms with Gasteiger partial charge >= 0.3 is 12.4 Å². The minimum absolute atomic E-state index is 0.0160. The fraction of sp³-hybridized carbons (Fsp3) is 0.520. The molecule has 39 heavy (non-hydrogen) atoms. The molecule has 2 aliphatic rings. The summed E-state index contributed by atoms with van der Waals surface area (Å²) in [4.78, 5) is 35.0. The molecule has 8 nitrogen and oxygen atoms in total. The number of hydrogen-bond acceptors (Lipinski definition) is 6. The summed E-state index contributed by atoms with van der Waals surface area (Å²) in [6.07, 6.45) is -4.25. The van der Waals surface area contributed by atoms with Crippen LogP contribution >= 0.6 is 0 Å². The second kappa shape index (κ2) is 10.5. The van der Waals surface area contributed by atoms with Crippen molar-refractivity contribution < 1.29 is 40.7 Å². The van der Waals surface area contributed by atoms with Gasteiger partial charge in [0.05, 0.1) is 11.1 Å². The molecule has 0 spiro atoms. The van der Waals surface area contributed by atoms with E-state index in [-0.39, 0.29) is 29.6 Å². The van der Waals surface area contributed by atoms with E-state index in [0.29, 0.717) is 24.9 Å². The zero-order valence-corrected chi connectivity index (χ0v) is 21.1. The number of nitrogens with zero attached hydrogens (tertiary/aromatic N) is 3. The Hall–Kier alpha value is -3.58. The number of carbonyl (C=O) groups is 2. The molecular formula is C25H27F6N5O3. The van der Waals surface area contributed by atoms with Crippen molar-refractivity contribution in [1.82, 2.24) is 20.6 Å². The van der Waals surface area contributed by atoms with Gasteiger partial charge in [0.15, 0.2) is 5.60 Å². The summed E-state index contributed by atoms with van der Waals surface area (Å²) in [5, 5.41) is 4.78.